The monoisotopic (exact) mass is 808 g/mol. The Kier molecular flexibility index (Phi) is 10.7. The Labute approximate surface area is 333 Å². The highest BCUT2D eigenvalue weighted by molar-refractivity contribution is 5.75. The molecule has 2 heterocycles. The van der Waals surface area contributed by atoms with Gasteiger partial charge in [0.2, 0.25) is 0 Å². The molecule has 7 rings (SSSR count). The predicted molar refractivity (Wildman–Crippen MR) is 199 cm³/mol. The SMILES string of the molecule is CC1(C)[C@@H](O[C@@H]2O[C@H](C(=O)O)[C@@H](O)[C@H](O)[C@H]2O[C@@H]2O[C@H](C(=O)O)[C@@H](O)[C@H](O)[C@H]2O)CC[C@]2(C)[C@H]3CC=C4[C@@H]5C[C@](C)(C(=O)O)CC[C@]5(C)CC[C@@]4(C)[C@]3(C)CC[C@@H]12. The maximum Gasteiger partial charge on any atom is 0.335 e. The van der Waals surface area contributed by atoms with Gasteiger partial charge >= 0.3 is 17.9 Å². The summed E-state index contributed by atoms with van der Waals surface area (Å²) in [6.07, 6.45) is -8.79. The number of carbonyl (C=O) groups is 3. The number of carboxylic acids is 3. The Morgan fingerprint density at radius 1 is 0.667 bits per heavy atom. The van der Waals surface area contributed by atoms with Crippen LogP contribution in [-0.2, 0) is 33.3 Å². The molecule has 6 fully saturated rings. The standard InChI is InChI=1S/C42H64O15/c1-37(2)21-10-13-42(7)22(9-8-19-20-18-39(4,36(52)53)15-14-38(20,3)16-17-41(19,42)6)40(21,5)12-11-23(37)54-35-31(27(46)26(45)30(56-35)33(50)51)57-34-28(47)24(43)25(44)29(55-34)32(48)49/h8,20-31,34-35,43-47H,9-18H2,1-7H3,(H,48,49)(H,50,51)(H,52,53)/t20-,21-,22+,23-,24-,25-,26-,27-,28+,29-,30-,31+,34-,35+,38+,39+,40-,41+,42+/m0/s1. The summed E-state index contributed by atoms with van der Waals surface area (Å²) in [6, 6.07) is 0. The van der Waals surface area contributed by atoms with E-state index < -0.39 is 96.3 Å². The van der Waals surface area contributed by atoms with E-state index in [0.29, 0.717) is 25.2 Å². The normalized spacial score (nSPS) is 53.2. The lowest BCUT2D eigenvalue weighted by Gasteiger charge is -2.71. The minimum atomic E-state index is -2.01. The van der Waals surface area contributed by atoms with Gasteiger partial charge in [0, 0.05) is 0 Å². The van der Waals surface area contributed by atoms with Gasteiger partial charge in [0.15, 0.2) is 24.8 Å². The van der Waals surface area contributed by atoms with Gasteiger partial charge in [0.1, 0.15) is 36.6 Å². The van der Waals surface area contributed by atoms with Gasteiger partial charge in [-0.25, -0.2) is 9.59 Å². The van der Waals surface area contributed by atoms with Crippen molar-refractivity contribution in [1.82, 2.24) is 0 Å². The summed E-state index contributed by atoms with van der Waals surface area (Å²) in [5.41, 5.74) is -0.00709. The second kappa shape index (κ2) is 14.2. The summed E-state index contributed by atoms with van der Waals surface area (Å²) in [5.74, 6) is -3.24. The Morgan fingerprint density at radius 2 is 1.26 bits per heavy atom. The van der Waals surface area contributed by atoms with Crippen LogP contribution in [0.3, 0.4) is 0 Å². The smallest absolute Gasteiger partial charge is 0.335 e. The number of rotatable bonds is 7. The molecule has 15 heteroatoms. The molecule has 4 saturated carbocycles. The van der Waals surface area contributed by atoms with E-state index in [4.69, 9.17) is 18.9 Å². The van der Waals surface area contributed by atoms with E-state index in [1.54, 1.807) is 0 Å². The van der Waals surface area contributed by atoms with Gasteiger partial charge in [0.05, 0.1) is 11.5 Å². The van der Waals surface area contributed by atoms with Crippen molar-refractivity contribution < 1.29 is 74.2 Å². The largest absolute Gasteiger partial charge is 0.481 e. The molecule has 15 nitrogen and oxygen atoms in total. The van der Waals surface area contributed by atoms with Crippen molar-refractivity contribution in [3.8, 4) is 0 Å². The van der Waals surface area contributed by atoms with Crippen LogP contribution in [0, 0.1) is 50.2 Å². The third-order valence-electron chi connectivity index (χ3n) is 17.5. The molecular formula is C42H64O15. The van der Waals surface area contributed by atoms with Crippen LogP contribution in [0.4, 0.5) is 0 Å². The van der Waals surface area contributed by atoms with Crippen LogP contribution in [0.25, 0.3) is 0 Å². The summed E-state index contributed by atoms with van der Waals surface area (Å²) in [7, 11) is 0. The molecule has 5 aliphatic carbocycles. The summed E-state index contributed by atoms with van der Waals surface area (Å²) in [6.45, 7) is 15.8. The number of aliphatic carboxylic acids is 3. The molecule has 0 amide bonds. The molecule has 19 atom stereocenters. The van der Waals surface area contributed by atoms with Gasteiger partial charge in [-0.05, 0) is 116 Å². The summed E-state index contributed by atoms with van der Waals surface area (Å²) in [5, 5.41) is 83.1. The maximum absolute atomic E-state index is 12.5. The number of aliphatic hydroxyl groups is 5. The Balaban J connectivity index is 1.15. The Morgan fingerprint density at radius 3 is 1.88 bits per heavy atom. The number of ether oxygens (including phenoxy) is 4. The highest BCUT2D eigenvalue weighted by Gasteiger charge is 2.69. The van der Waals surface area contributed by atoms with E-state index in [9.17, 15) is 55.2 Å². The predicted octanol–water partition coefficient (Wildman–Crippen LogP) is 3.07. The molecule has 0 unspecified atom stereocenters. The lowest BCUT2D eigenvalue weighted by molar-refractivity contribution is -0.371. The number of allylic oxidation sites excluding steroid dienone is 2. The van der Waals surface area contributed by atoms with Gasteiger partial charge in [-0.1, -0.05) is 53.2 Å². The zero-order valence-electron chi connectivity index (χ0n) is 34.2. The summed E-state index contributed by atoms with van der Waals surface area (Å²) < 4.78 is 23.5. The number of aliphatic hydroxyl groups excluding tert-OH is 5. The number of hydrogen-bond donors (Lipinski definition) is 8. The van der Waals surface area contributed by atoms with Crippen LogP contribution >= 0.6 is 0 Å². The van der Waals surface area contributed by atoms with Crippen LogP contribution in [0.15, 0.2) is 11.6 Å². The van der Waals surface area contributed by atoms with Crippen LogP contribution in [0.1, 0.15) is 113 Å². The van der Waals surface area contributed by atoms with E-state index >= 15 is 0 Å². The third-order valence-corrected chi connectivity index (χ3v) is 17.5. The molecule has 2 aliphatic heterocycles. The molecular weight excluding hydrogens is 744 g/mol. The molecule has 0 aromatic heterocycles. The van der Waals surface area contributed by atoms with Gasteiger partial charge in [0.25, 0.3) is 0 Å². The maximum atomic E-state index is 12.5. The highest BCUT2D eigenvalue weighted by Crippen LogP contribution is 2.76. The average Bonchev–Trinajstić information content (AvgIpc) is 3.12. The molecule has 322 valence electrons. The molecule has 57 heavy (non-hydrogen) atoms. The van der Waals surface area contributed by atoms with Gasteiger partial charge in [-0.15, -0.1) is 0 Å². The molecule has 0 radical (unpaired) electrons. The number of carboxylic acid groups (broad SMARTS) is 3. The second-order valence-corrected chi connectivity index (χ2v) is 20.6. The fourth-order valence-corrected chi connectivity index (χ4v) is 13.5. The minimum absolute atomic E-state index is 0.0440. The molecule has 0 aromatic carbocycles. The first-order valence-corrected chi connectivity index (χ1v) is 20.8. The van der Waals surface area contributed by atoms with Gasteiger partial charge in [-0.2, -0.15) is 0 Å². The van der Waals surface area contributed by atoms with Crippen molar-refractivity contribution in [2.24, 2.45) is 50.2 Å². The summed E-state index contributed by atoms with van der Waals surface area (Å²) in [4.78, 5) is 36.5. The molecule has 0 bridgehead atoms. The van der Waals surface area contributed by atoms with Crippen molar-refractivity contribution in [2.45, 2.75) is 180 Å². The molecule has 2 saturated heterocycles. The topological polar surface area (TPSA) is 250 Å². The average molecular weight is 809 g/mol. The highest BCUT2D eigenvalue weighted by atomic mass is 16.8. The van der Waals surface area contributed by atoms with Crippen molar-refractivity contribution >= 4 is 17.9 Å². The first kappa shape index (κ1) is 42.9. The fraction of sp³-hybridized carbons (Fsp3) is 0.881. The fourth-order valence-electron chi connectivity index (χ4n) is 13.5. The zero-order valence-corrected chi connectivity index (χ0v) is 34.2. The van der Waals surface area contributed by atoms with E-state index in [-0.39, 0.29) is 33.5 Å². The van der Waals surface area contributed by atoms with Gasteiger partial charge in [-0.3, -0.25) is 4.79 Å². The Bertz CT molecular complexity index is 1650. The quantitative estimate of drug-likeness (QED) is 0.136. The van der Waals surface area contributed by atoms with Crippen LogP contribution in [0.5, 0.6) is 0 Å². The van der Waals surface area contributed by atoms with Crippen molar-refractivity contribution in [3.05, 3.63) is 11.6 Å². The van der Waals surface area contributed by atoms with Crippen molar-refractivity contribution in [1.29, 1.82) is 0 Å². The van der Waals surface area contributed by atoms with E-state index in [1.165, 1.54) is 5.57 Å². The van der Waals surface area contributed by atoms with Crippen molar-refractivity contribution in [3.63, 3.8) is 0 Å². The molecule has 0 spiro atoms. The van der Waals surface area contributed by atoms with E-state index in [1.807, 2.05) is 6.92 Å². The number of hydrogen-bond acceptors (Lipinski definition) is 12. The van der Waals surface area contributed by atoms with Crippen LogP contribution < -0.4 is 0 Å². The van der Waals surface area contributed by atoms with Crippen LogP contribution in [-0.4, -0.2) is 126 Å². The first-order valence-electron chi connectivity index (χ1n) is 20.8. The van der Waals surface area contributed by atoms with Crippen molar-refractivity contribution in [2.75, 3.05) is 0 Å². The second-order valence-electron chi connectivity index (χ2n) is 20.6. The summed E-state index contributed by atoms with van der Waals surface area (Å²) >= 11 is 0. The molecule has 0 aromatic rings. The first-order chi connectivity index (χ1) is 26.4. The van der Waals surface area contributed by atoms with E-state index in [2.05, 4.69) is 47.6 Å². The Hall–Kier alpha value is -2.21. The number of fused-ring (bicyclic) bond motifs is 7. The van der Waals surface area contributed by atoms with Crippen LogP contribution in [0.2, 0.25) is 0 Å². The molecule has 7 aliphatic rings. The lowest BCUT2D eigenvalue weighted by Crippen LogP contribution is -2.67. The zero-order chi connectivity index (χ0) is 42.0. The third kappa shape index (κ3) is 6.35. The minimum Gasteiger partial charge on any atom is -0.481 e. The lowest BCUT2D eigenvalue weighted by atomic mass is 9.33. The van der Waals surface area contributed by atoms with E-state index in [0.717, 1.165) is 44.9 Å². The van der Waals surface area contributed by atoms with Gasteiger partial charge < -0.3 is 59.8 Å². The molecule has 8 N–H and O–H groups in total.